The van der Waals surface area contributed by atoms with Gasteiger partial charge in [-0.2, -0.15) is 5.10 Å². The number of amidine groups is 1. The summed E-state index contributed by atoms with van der Waals surface area (Å²) in [5.74, 6) is 0.298. The maximum absolute atomic E-state index is 7.31. The van der Waals surface area contributed by atoms with Crippen LogP contribution in [0.1, 0.15) is 25.0 Å². The Hall–Kier alpha value is -1.32. The third-order valence-corrected chi connectivity index (χ3v) is 2.79. The van der Waals surface area contributed by atoms with Gasteiger partial charge in [0.2, 0.25) is 0 Å². The maximum Gasteiger partial charge on any atom is 0.0911 e. The molecule has 0 aromatic carbocycles. The highest BCUT2D eigenvalue weighted by Crippen LogP contribution is 2.49. The van der Waals surface area contributed by atoms with Crippen molar-refractivity contribution in [3.63, 3.8) is 0 Å². The highest BCUT2D eigenvalue weighted by Gasteiger charge is 2.43. The normalized spacial score (nSPS) is 18.1. The van der Waals surface area contributed by atoms with Gasteiger partial charge in [0.05, 0.1) is 11.5 Å². The Bertz CT molecular complexity index is 349. The van der Waals surface area contributed by atoms with E-state index in [1.807, 2.05) is 23.9 Å². The van der Waals surface area contributed by atoms with Crippen molar-refractivity contribution in [1.29, 1.82) is 5.41 Å². The lowest BCUT2D eigenvalue weighted by molar-refractivity contribution is 0.407. The van der Waals surface area contributed by atoms with Crippen LogP contribution in [0.25, 0.3) is 0 Å². The summed E-state index contributed by atoms with van der Waals surface area (Å²) in [5, 5.41) is 11.7. The van der Waals surface area contributed by atoms with Crippen LogP contribution in [-0.2, 0) is 6.54 Å². The van der Waals surface area contributed by atoms with Crippen molar-refractivity contribution in [3.8, 4) is 0 Å². The monoisotopic (exact) mass is 192 g/mol. The molecule has 1 aromatic heterocycles. The molecule has 0 aliphatic heterocycles. The van der Waals surface area contributed by atoms with E-state index in [0.29, 0.717) is 12.3 Å². The number of nitrogens with zero attached hydrogens (tertiary/aromatic N) is 2. The van der Waals surface area contributed by atoms with Crippen LogP contribution in [0.3, 0.4) is 0 Å². The van der Waals surface area contributed by atoms with Crippen molar-refractivity contribution in [3.05, 3.63) is 18.0 Å². The van der Waals surface area contributed by atoms with Crippen LogP contribution in [0.4, 0.5) is 0 Å². The average molecular weight is 192 g/mol. The largest absolute Gasteiger partial charge is 0.388 e. The highest BCUT2D eigenvalue weighted by atomic mass is 15.3. The number of aromatic nitrogens is 2. The Labute approximate surface area is 83.6 Å². The summed E-state index contributed by atoms with van der Waals surface area (Å²) in [6.45, 7) is 2.89. The summed E-state index contributed by atoms with van der Waals surface area (Å²) in [6.07, 6.45) is 5.05. The van der Waals surface area contributed by atoms with Crippen molar-refractivity contribution in [2.75, 3.05) is 0 Å². The van der Waals surface area contributed by atoms with E-state index >= 15 is 0 Å². The molecule has 1 aliphatic rings. The summed E-state index contributed by atoms with van der Waals surface area (Å²) in [5.41, 5.74) is 6.72. The number of rotatable bonds is 4. The Morgan fingerprint density at radius 2 is 2.43 bits per heavy atom. The quantitative estimate of drug-likeness (QED) is 0.557. The van der Waals surface area contributed by atoms with E-state index in [0.717, 1.165) is 12.2 Å². The summed E-state index contributed by atoms with van der Waals surface area (Å²) in [7, 11) is 0. The molecule has 0 unspecified atom stereocenters. The van der Waals surface area contributed by atoms with Gasteiger partial charge in [0.1, 0.15) is 0 Å². The molecule has 1 aliphatic carbocycles. The second kappa shape index (κ2) is 3.12. The first-order valence-corrected chi connectivity index (χ1v) is 4.93. The van der Waals surface area contributed by atoms with E-state index < -0.39 is 0 Å². The van der Waals surface area contributed by atoms with E-state index in [9.17, 15) is 0 Å². The number of hydrogen-bond donors (Lipinski definition) is 2. The fraction of sp³-hybridized carbons (Fsp3) is 0.600. The van der Waals surface area contributed by atoms with Crippen LogP contribution in [0.5, 0.6) is 0 Å². The molecule has 0 radical (unpaired) electrons. The molecular weight excluding hydrogens is 176 g/mol. The minimum Gasteiger partial charge on any atom is -0.388 e. The lowest BCUT2D eigenvalue weighted by Gasteiger charge is -2.13. The maximum atomic E-state index is 7.31. The summed E-state index contributed by atoms with van der Waals surface area (Å²) in [4.78, 5) is 0. The van der Waals surface area contributed by atoms with Gasteiger partial charge in [-0.15, -0.1) is 0 Å². The molecule has 0 spiro atoms. The minimum atomic E-state index is 0.240. The molecule has 14 heavy (non-hydrogen) atoms. The molecule has 0 amide bonds. The van der Waals surface area contributed by atoms with Crippen LogP contribution < -0.4 is 5.73 Å². The van der Waals surface area contributed by atoms with Gasteiger partial charge in [-0.05, 0) is 31.2 Å². The average Bonchev–Trinajstić information content (AvgIpc) is 2.67. The Kier molecular flexibility index (Phi) is 2.06. The highest BCUT2D eigenvalue weighted by molar-refractivity contribution is 5.78. The number of nitrogens with one attached hydrogen (secondary N) is 1. The van der Waals surface area contributed by atoms with Gasteiger partial charge in [0.25, 0.3) is 0 Å². The van der Waals surface area contributed by atoms with Crippen LogP contribution in [-0.4, -0.2) is 15.6 Å². The van der Waals surface area contributed by atoms with Crippen LogP contribution >= 0.6 is 0 Å². The Morgan fingerprint density at radius 3 is 2.86 bits per heavy atom. The van der Waals surface area contributed by atoms with E-state index in [4.69, 9.17) is 11.1 Å². The molecule has 1 fully saturated rings. The zero-order valence-corrected chi connectivity index (χ0v) is 8.45. The summed E-state index contributed by atoms with van der Waals surface area (Å²) in [6, 6.07) is 2.00. The van der Waals surface area contributed by atoms with E-state index in [2.05, 4.69) is 5.10 Å². The predicted octanol–water partition coefficient (Wildman–Crippen LogP) is 1.30. The van der Waals surface area contributed by atoms with Gasteiger partial charge in [0, 0.05) is 19.2 Å². The van der Waals surface area contributed by atoms with E-state index in [-0.39, 0.29) is 5.41 Å². The molecule has 4 heteroatoms. The van der Waals surface area contributed by atoms with Crippen LogP contribution in [0.2, 0.25) is 0 Å². The van der Waals surface area contributed by atoms with Gasteiger partial charge in [-0.25, -0.2) is 0 Å². The fourth-order valence-corrected chi connectivity index (χ4v) is 1.87. The first-order valence-electron chi connectivity index (χ1n) is 4.93. The Morgan fingerprint density at radius 1 is 1.71 bits per heavy atom. The fourth-order valence-electron chi connectivity index (χ4n) is 1.87. The number of nitrogens with two attached hydrogens (primary N) is 1. The van der Waals surface area contributed by atoms with Gasteiger partial charge in [-0.1, -0.05) is 0 Å². The molecule has 1 heterocycles. The molecule has 3 N–H and O–H groups in total. The molecule has 1 aromatic rings. The smallest absolute Gasteiger partial charge is 0.0911 e. The summed E-state index contributed by atoms with van der Waals surface area (Å²) < 4.78 is 1.96. The second-order valence-corrected chi connectivity index (χ2v) is 4.36. The first-order chi connectivity index (χ1) is 6.60. The molecule has 1 saturated carbocycles. The van der Waals surface area contributed by atoms with Gasteiger partial charge < -0.3 is 5.73 Å². The van der Waals surface area contributed by atoms with Crippen molar-refractivity contribution in [2.24, 2.45) is 11.1 Å². The molecule has 76 valence electrons. The van der Waals surface area contributed by atoms with Gasteiger partial charge in [-0.3, -0.25) is 10.1 Å². The third-order valence-electron chi connectivity index (χ3n) is 2.79. The second-order valence-electron chi connectivity index (χ2n) is 4.36. The zero-order valence-electron chi connectivity index (χ0n) is 8.45. The lowest BCUT2D eigenvalue weighted by atomic mass is 10.0. The SMILES string of the molecule is Cc1ccn(CC2(CC(=N)N)CC2)n1. The van der Waals surface area contributed by atoms with Crippen LogP contribution in [0.15, 0.2) is 12.3 Å². The molecule has 2 rings (SSSR count). The first kappa shape index (κ1) is 9.24. The van der Waals surface area contributed by atoms with Crippen LogP contribution in [0, 0.1) is 17.7 Å². The van der Waals surface area contributed by atoms with E-state index in [1.165, 1.54) is 12.8 Å². The number of hydrogen-bond acceptors (Lipinski definition) is 2. The molecule has 0 saturated heterocycles. The molecule has 0 bridgehead atoms. The number of aryl methyl sites for hydroxylation is 1. The Balaban J connectivity index is 2.00. The van der Waals surface area contributed by atoms with Gasteiger partial charge >= 0.3 is 0 Å². The molecular formula is C10H16N4. The van der Waals surface area contributed by atoms with Crippen molar-refractivity contribution >= 4 is 5.84 Å². The predicted molar refractivity (Wildman–Crippen MR) is 55.2 cm³/mol. The summed E-state index contributed by atoms with van der Waals surface area (Å²) >= 11 is 0. The zero-order chi connectivity index (χ0) is 10.2. The third kappa shape index (κ3) is 1.95. The minimum absolute atomic E-state index is 0.240. The van der Waals surface area contributed by atoms with E-state index in [1.54, 1.807) is 0 Å². The standard InChI is InChI=1S/C10H16N4/c1-8-2-5-14(13-8)7-10(3-4-10)6-9(11)12/h2,5H,3-4,6-7H2,1H3,(H3,11,12). The molecule has 4 nitrogen and oxygen atoms in total. The van der Waals surface area contributed by atoms with Crippen molar-refractivity contribution in [2.45, 2.75) is 32.7 Å². The lowest BCUT2D eigenvalue weighted by Crippen LogP contribution is -2.20. The van der Waals surface area contributed by atoms with Crippen molar-refractivity contribution in [1.82, 2.24) is 9.78 Å². The topological polar surface area (TPSA) is 67.7 Å². The van der Waals surface area contributed by atoms with Gasteiger partial charge in [0.15, 0.2) is 0 Å². The van der Waals surface area contributed by atoms with Crippen molar-refractivity contribution < 1.29 is 0 Å². The molecule has 0 atom stereocenters.